The molecule has 0 radical (unpaired) electrons. The molecule has 0 bridgehead atoms. The molecule has 0 spiro atoms. The molecule has 6 heteroatoms. The summed E-state index contributed by atoms with van der Waals surface area (Å²) in [6, 6.07) is 7.48. The zero-order chi connectivity index (χ0) is 17.1. The van der Waals surface area contributed by atoms with Gasteiger partial charge in [-0.05, 0) is 31.7 Å². The van der Waals surface area contributed by atoms with Gasteiger partial charge in [-0.3, -0.25) is 9.89 Å². The van der Waals surface area contributed by atoms with Crippen LogP contribution >= 0.6 is 0 Å². The number of rotatable bonds is 4. The molecule has 1 heterocycles. The highest BCUT2D eigenvalue weighted by atomic mass is 16.5. The van der Waals surface area contributed by atoms with Crippen molar-refractivity contribution in [3.8, 4) is 0 Å². The molecule has 6 nitrogen and oxygen atoms in total. The van der Waals surface area contributed by atoms with Gasteiger partial charge in [0.2, 0.25) is 0 Å². The number of H-pyrrole nitrogens is 1. The predicted octanol–water partition coefficient (Wildman–Crippen LogP) is 2.80. The van der Waals surface area contributed by atoms with Gasteiger partial charge in [0.15, 0.2) is 11.8 Å². The Morgan fingerprint density at radius 2 is 2.04 bits per heavy atom. The molecule has 2 N–H and O–H groups in total. The first-order valence-electron chi connectivity index (χ1n) is 8.50. The highest BCUT2D eigenvalue weighted by Crippen LogP contribution is 2.24. The van der Waals surface area contributed by atoms with Gasteiger partial charge in [-0.15, -0.1) is 0 Å². The normalized spacial score (nSPS) is 22.1. The van der Waals surface area contributed by atoms with E-state index in [1.807, 2.05) is 18.2 Å². The molecule has 128 valence electrons. The van der Waals surface area contributed by atoms with Gasteiger partial charge in [0, 0.05) is 11.4 Å². The number of ether oxygens (including phenoxy) is 1. The molecule has 1 amide bonds. The summed E-state index contributed by atoms with van der Waals surface area (Å²) < 4.78 is 5.31. The summed E-state index contributed by atoms with van der Waals surface area (Å²) in [5, 5.41) is 10.5. The number of fused-ring (bicyclic) bond motifs is 1. The molecule has 2 aromatic rings. The van der Waals surface area contributed by atoms with Gasteiger partial charge in [0.25, 0.3) is 5.91 Å². The summed E-state index contributed by atoms with van der Waals surface area (Å²) in [6.07, 6.45) is 3.60. The average molecular weight is 329 g/mol. The molecule has 0 aliphatic heterocycles. The molecule has 0 saturated heterocycles. The van der Waals surface area contributed by atoms with Crippen LogP contribution in [0.15, 0.2) is 24.3 Å². The van der Waals surface area contributed by atoms with Crippen molar-refractivity contribution in [2.45, 2.75) is 51.7 Å². The molecule has 0 unspecified atom stereocenters. The second-order valence-electron chi connectivity index (χ2n) is 6.54. The van der Waals surface area contributed by atoms with Gasteiger partial charge in [0.1, 0.15) is 0 Å². The van der Waals surface area contributed by atoms with Crippen molar-refractivity contribution in [2.75, 3.05) is 0 Å². The number of nitrogens with one attached hydrogen (secondary N) is 2. The standard InChI is InChI=1S/C18H23N3O3/c1-11-7-3-5-9-14(11)19-17(22)12(2)24-18(23)16-13-8-4-6-10-15(13)20-21-16/h4,6,8,10-12,14H,3,5,7,9H2,1-2H3,(H,19,22)(H,20,21)/t11-,12+,14+/m0/s1. The third kappa shape index (κ3) is 3.42. The van der Waals surface area contributed by atoms with Gasteiger partial charge in [-0.25, -0.2) is 4.79 Å². The van der Waals surface area contributed by atoms with Crippen molar-refractivity contribution < 1.29 is 14.3 Å². The molecule has 3 rings (SSSR count). The Balaban J connectivity index is 1.62. The van der Waals surface area contributed by atoms with E-state index in [9.17, 15) is 9.59 Å². The number of carbonyl (C=O) groups excluding carboxylic acids is 2. The maximum atomic E-state index is 12.3. The number of esters is 1. The smallest absolute Gasteiger partial charge is 0.360 e. The molecule has 3 atom stereocenters. The van der Waals surface area contributed by atoms with Gasteiger partial charge >= 0.3 is 5.97 Å². The number of para-hydroxylation sites is 1. The fraction of sp³-hybridized carbons (Fsp3) is 0.500. The van der Waals surface area contributed by atoms with Gasteiger partial charge in [-0.2, -0.15) is 5.10 Å². The van der Waals surface area contributed by atoms with E-state index in [4.69, 9.17) is 4.74 Å². The molecule has 1 aliphatic carbocycles. The summed E-state index contributed by atoms with van der Waals surface area (Å²) in [4.78, 5) is 24.6. The van der Waals surface area contributed by atoms with E-state index < -0.39 is 12.1 Å². The van der Waals surface area contributed by atoms with Crippen LogP contribution in [0.4, 0.5) is 0 Å². The Bertz CT molecular complexity index is 740. The molecule has 1 fully saturated rings. The lowest BCUT2D eigenvalue weighted by Crippen LogP contribution is -2.46. The number of benzene rings is 1. The molecule has 24 heavy (non-hydrogen) atoms. The number of carbonyl (C=O) groups is 2. The summed E-state index contributed by atoms with van der Waals surface area (Å²) in [5.74, 6) is -0.380. The van der Waals surface area contributed by atoms with Crippen molar-refractivity contribution in [3.05, 3.63) is 30.0 Å². The monoisotopic (exact) mass is 329 g/mol. The lowest BCUT2D eigenvalue weighted by atomic mass is 9.86. The van der Waals surface area contributed by atoms with Crippen molar-refractivity contribution >= 4 is 22.8 Å². The van der Waals surface area contributed by atoms with Crippen molar-refractivity contribution in [1.82, 2.24) is 15.5 Å². The third-order valence-electron chi connectivity index (χ3n) is 4.76. The van der Waals surface area contributed by atoms with E-state index in [2.05, 4.69) is 22.4 Å². The minimum atomic E-state index is -0.845. The second kappa shape index (κ2) is 7.03. The number of hydrogen-bond acceptors (Lipinski definition) is 4. The minimum Gasteiger partial charge on any atom is -0.448 e. The number of aromatic nitrogens is 2. The highest BCUT2D eigenvalue weighted by molar-refractivity contribution is 6.02. The average Bonchev–Trinajstić information content (AvgIpc) is 3.01. The van der Waals surface area contributed by atoms with Crippen molar-refractivity contribution in [1.29, 1.82) is 0 Å². The number of nitrogens with zero attached hydrogens (tertiary/aromatic N) is 1. The Morgan fingerprint density at radius 1 is 1.29 bits per heavy atom. The Hall–Kier alpha value is -2.37. The number of aromatic amines is 1. The van der Waals surface area contributed by atoms with Gasteiger partial charge < -0.3 is 10.1 Å². The lowest BCUT2D eigenvalue weighted by molar-refractivity contribution is -0.130. The van der Waals surface area contributed by atoms with E-state index in [0.29, 0.717) is 11.3 Å². The van der Waals surface area contributed by atoms with Crippen LogP contribution in [0, 0.1) is 5.92 Å². The van der Waals surface area contributed by atoms with Crippen LogP contribution in [0.5, 0.6) is 0 Å². The molecule has 1 saturated carbocycles. The molecular formula is C18H23N3O3. The summed E-state index contributed by atoms with van der Waals surface area (Å²) in [5.41, 5.74) is 0.967. The van der Waals surface area contributed by atoms with Crippen LogP contribution in [-0.4, -0.2) is 34.2 Å². The molecular weight excluding hydrogens is 306 g/mol. The summed E-state index contributed by atoms with van der Waals surface area (Å²) >= 11 is 0. The summed E-state index contributed by atoms with van der Waals surface area (Å²) in [6.45, 7) is 3.74. The fourth-order valence-electron chi connectivity index (χ4n) is 3.22. The second-order valence-corrected chi connectivity index (χ2v) is 6.54. The van der Waals surface area contributed by atoms with E-state index in [0.717, 1.165) is 24.8 Å². The first-order valence-corrected chi connectivity index (χ1v) is 8.50. The van der Waals surface area contributed by atoms with E-state index in [-0.39, 0.29) is 17.6 Å². The maximum absolute atomic E-state index is 12.3. The first kappa shape index (κ1) is 16.5. The van der Waals surface area contributed by atoms with E-state index in [1.165, 1.54) is 6.42 Å². The summed E-state index contributed by atoms with van der Waals surface area (Å²) in [7, 11) is 0. The quantitative estimate of drug-likeness (QED) is 0.845. The Kier molecular flexibility index (Phi) is 4.83. The van der Waals surface area contributed by atoms with Crippen LogP contribution in [-0.2, 0) is 9.53 Å². The molecule has 1 aliphatic rings. The minimum absolute atomic E-state index is 0.165. The lowest BCUT2D eigenvalue weighted by Gasteiger charge is -2.30. The van der Waals surface area contributed by atoms with Crippen molar-refractivity contribution in [3.63, 3.8) is 0 Å². The van der Waals surface area contributed by atoms with E-state index >= 15 is 0 Å². The van der Waals surface area contributed by atoms with Crippen molar-refractivity contribution in [2.24, 2.45) is 5.92 Å². The first-order chi connectivity index (χ1) is 11.6. The van der Waals surface area contributed by atoms with Crippen LogP contribution in [0.3, 0.4) is 0 Å². The van der Waals surface area contributed by atoms with Gasteiger partial charge in [0.05, 0.1) is 5.52 Å². The van der Waals surface area contributed by atoms with Crippen LogP contribution in [0.1, 0.15) is 50.0 Å². The molecule has 1 aromatic carbocycles. The highest BCUT2D eigenvalue weighted by Gasteiger charge is 2.27. The number of hydrogen-bond donors (Lipinski definition) is 2. The fourth-order valence-corrected chi connectivity index (χ4v) is 3.22. The van der Waals surface area contributed by atoms with Crippen LogP contribution in [0.25, 0.3) is 10.9 Å². The number of amides is 1. The topological polar surface area (TPSA) is 84.1 Å². The largest absolute Gasteiger partial charge is 0.448 e. The van der Waals surface area contributed by atoms with Crippen LogP contribution < -0.4 is 5.32 Å². The zero-order valence-corrected chi connectivity index (χ0v) is 14.0. The van der Waals surface area contributed by atoms with E-state index in [1.54, 1.807) is 13.0 Å². The maximum Gasteiger partial charge on any atom is 0.360 e. The Labute approximate surface area is 141 Å². The van der Waals surface area contributed by atoms with Crippen LogP contribution in [0.2, 0.25) is 0 Å². The molecule has 1 aromatic heterocycles. The third-order valence-corrected chi connectivity index (χ3v) is 4.76. The predicted molar refractivity (Wildman–Crippen MR) is 90.5 cm³/mol. The SMILES string of the molecule is C[C@@H](OC(=O)c1n[nH]c2ccccc12)C(=O)N[C@@H]1CCCC[C@@H]1C. The Morgan fingerprint density at radius 3 is 2.83 bits per heavy atom. The van der Waals surface area contributed by atoms with Gasteiger partial charge in [-0.1, -0.05) is 38.0 Å². The zero-order valence-electron chi connectivity index (χ0n) is 14.0.